The Hall–Kier alpha value is -3.59. The van der Waals surface area contributed by atoms with Gasteiger partial charge < -0.3 is 10.1 Å². The summed E-state index contributed by atoms with van der Waals surface area (Å²) >= 11 is 1.52. The number of anilines is 1. The van der Waals surface area contributed by atoms with Gasteiger partial charge in [-0.05, 0) is 53.2 Å². The van der Waals surface area contributed by atoms with Gasteiger partial charge in [0.1, 0.15) is 18.7 Å². The molecule has 1 N–H and O–H groups in total. The van der Waals surface area contributed by atoms with Crippen molar-refractivity contribution in [2.45, 2.75) is 13.5 Å². The van der Waals surface area contributed by atoms with Crippen LogP contribution in [0.15, 0.2) is 59.7 Å². The SMILES string of the molecule is Cc1c(NC(=O)c2cccc(OCc3cscn3)c2)cccc1-n1cnnn1. The van der Waals surface area contributed by atoms with Gasteiger partial charge >= 0.3 is 0 Å². The molecule has 9 heteroatoms. The molecule has 0 saturated carbocycles. The molecule has 0 unspecified atom stereocenters. The van der Waals surface area contributed by atoms with E-state index in [0.717, 1.165) is 16.9 Å². The summed E-state index contributed by atoms with van der Waals surface area (Å²) in [7, 11) is 0. The van der Waals surface area contributed by atoms with Crippen molar-refractivity contribution in [2.24, 2.45) is 0 Å². The molecule has 8 nitrogen and oxygen atoms in total. The van der Waals surface area contributed by atoms with Crippen LogP contribution in [0, 0.1) is 6.92 Å². The van der Waals surface area contributed by atoms with Crippen LogP contribution in [0.3, 0.4) is 0 Å². The summed E-state index contributed by atoms with van der Waals surface area (Å²) in [5, 5.41) is 16.1. The van der Waals surface area contributed by atoms with E-state index in [9.17, 15) is 4.79 Å². The van der Waals surface area contributed by atoms with Crippen molar-refractivity contribution in [1.29, 1.82) is 0 Å². The number of rotatable bonds is 6. The standard InChI is InChI=1S/C19H16N6O2S/c1-13-17(6-3-7-18(13)25-11-21-23-24-25)22-19(26)14-4-2-5-16(8-14)27-9-15-10-28-12-20-15/h2-8,10-12H,9H2,1H3,(H,22,26). The highest BCUT2D eigenvalue weighted by Gasteiger charge is 2.12. The molecule has 2 aromatic carbocycles. The normalized spacial score (nSPS) is 10.6. The Bertz CT molecular complexity index is 1080. The zero-order valence-corrected chi connectivity index (χ0v) is 15.8. The molecule has 0 aliphatic carbocycles. The van der Waals surface area contributed by atoms with Gasteiger partial charge in [0.25, 0.3) is 5.91 Å². The lowest BCUT2D eigenvalue weighted by atomic mass is 10.1. The van der Waals surface area contributed by atoms with Gasteiger partial charge in [-0.1, -0.05) is 12.1 Å². The van der Waals surface area contributed by atoms with Crippen molar-refractivity contribution in [1.82, 2.24) is 25.2 Å². The molecule has 0 radical (unpaired) electrons. The van der Waals surface area contributed by atoms with E-state index in [1.54, 1.807) is 28.4 Å². The first-order valence-electron chi connectivity index (χ1n) is 8.45. The zero-order valence-electron chi connectivity index (χ0n) is 14.9. The van der Waals surface area contributed by atoms with Crippen molar-refractivity contribution >= 4 is 22.9 Å². The highest BCUT2D eigenvalue weighted by molar-refractivity contribution is 7.07. The minimum atomic E-state index is -0.226. The lowest BCUT2D eigenvalue weighted by Crippen LogP contribution is -2.14. The number of nitrogens with zero attached hydrogens (tertiary/aromatic N) is 5. The van der Waals surface area contributed by atoms with Gasteiger partial charge in [0.05, 0.1) is 16.9 Å². The third-order valence-corrected chi connectivity index (χ3v) is 4.75. The summed E-state index contributed by atoms with van der Waals surface area (Å²) in [5.41, 5.74) is 5.46. The van der Waals surface area contributed by atoms with Crippen LogP contribution in [0.4, 0.5) is 5.69 Å². The zero-order chi connectivity index (χ0) is 19.3. The van der Waals surface area contributed by atoms with Crippen molar-refractivity contribution in [2.75, 3.05) is 5.32 Å². The average molecular weight is 392 g/mol. The number of benzene rings is 2. The molecule has 0 spiro atoms. The first kappa shape index (κ1) is 17.8. The van der Waals surface area contributed by atoms with E-state index in [0.29, 0.717) is 23.6 Å². The van der Waals surface area contributed by atoms with Crippen LogP contribution < -0.4 is 10.1 Å². The summed E-state index contributed by atoms with van der Waals surface area (Å²) in [4.78, 5) is 16.9. The van der Waals surface area contributed by atoms with Crippen LogP contribution in [-0.4, -0.2) is 31.1 Å². The van der Waals surface area contributed by atoms with E-state index < -0.39 is 0 Å². The Morgan fingerprint density at radius 2 is 2.14 bits per heavy atom. The number of ether oxygens (including phenoxy) is 1. The maximum Gasteiger partial charge on any atom is 0.255 e. The maximum atomic E-state index is 12.7. The minimum Gasteiger partial charge on any atom is -0.487 e. The highest BCUT2D eigenvalue weighted by Crippen LogP contribution is 2.23. The topological polar surface area (TPSA) is 94.8 Å². The van der Waals surface area contributed by atoms with Gasteiger partial charge in [-0.2, -0.15) is 0 Å². The molecule has 4 rings (SSSR count). The first-order valence-corrected chi connectivity index (χ1v) is 9.39. The fourth-order valence-electron chi connectivity index (χ4n) is 2.67. The van der Waals surface area contributed by atoms with E-state index >= 15 is 0 Å². The molecular weight excluding hydrogens is 376 g/mol. The molecule has 4 aromatic rings. The molecule has 0 aliphatic rings. The molecular formula is C19H16N6O2S. The minimum absolute atomic E-state index is 0.226. The van der Waals surface area contributed by atoms with Crippen LogP contribution >= 0.6 is 11.3 Å². The van der Waals surface area contributed by atoms with Crippen molar-refractivity contribution < 1.29 is 9.53 Å². The summed E-state index contributed by atoms with van der Waals surface area (Å²) in [6, 6.07) is 12.6. The molecule has 0 saturated heterocycles. The number of thiazole rings is 1. The molecule has 0 fully saturated rings. The number of nitrogens with one attached hydrogen (secondary N) is 1. The van der Waals surface area contributed by atoms with Crippen LogP contribution in [-0.2, 0) is 6.61 Å². The number of tetrazole rings is 1. The van der Waals surface area contributed by atoms with Crippen molar-refractivity contribution in [3.8, 4) is 11.4 Å². The van der Waals surface area contributed by atoms with Gasteiger partial charge in [0.2, 0.25) is 0 Å². The fourth-order valence-corrected chi connectivity index (χ4v) is 3.21. The number of hydrogen-bond donors (Lipinski definition) is 1. The lowest BCUT2D eigenvalue weighted by molar-refractivity contribution is 0.102. The number of amides is 1. The van der Waals surface area contributed by atoms with Gasteiger partial charge in [-0.15, -0.1) is 16.4 Å². The van der Waals surface area contributed by atoms with Gasteiger partial charge in [-0.3, -0.25) is 4.79 Å². The molecule has 140 valence electrons. The molecule has 28 heavy (non-hydrogen) atoms. The summed E-state index contributed by atoms with van der Waals surface area (Å²) < 4.78 is 7.28. The van der Waals surface area contributed by atoms with Crippen LogP contribution in [0.5, 0.6) is 5.75 Å². The van der Waals surface area contributed by atoms with E-state index in [1.807, 2.05) is 36.6 Å². The molecule has 0 aliphatic heterocycles. The summed E-state index contributed by atoms with van der Waals surface area (Å²) in [6.45, 7) is 2.27. The second-order valence-electron chi connectivity index (χ2n) is 5.95. The quantitative estimate of drug-likeness (QED) is 0.541. The number of aromatic nitrogens is 5. The first-order chi connectivity index (χ1) is 13.7. The van der Waals surface area contributed by atoms with E-state index in [4.69, 9.17) is 4.74 Å². The third-order valence-electron chi connectivity index (χ3n) is 4.12. The van der Waals surface area contributed by atoms with Gasteiger partial charge in [0.15, 0.2) is 0 Å². The number of carbonyl (C=O) groups is 1. The lowest BCUT2D eigenvalue weighted by Gasteiger charge is -2.12. The number of hydrogen-bond acceptors (Lipinski definition) is 7. The van der Waals surface area contributed by atoms with Crippen molar-refractivity contribution in [3.63, 3.8) is 0 Å². The third kappa shape index (κ3) is 3.89. The molecule has 2 heterocycles. The molecule has 0 bridgehead atoms. The predicted molar refractivity (Wildman–Crippen MR) is 105 cm³/mol. The Balaban J connectivity index is 1.50. The largest absolute Gasteiger partial charge is 0.487 e. The van der Waals surface area contributed by atoms with Crippen LogP contribution in [0.2, 0.25) is 0 Å². The smallest absolute Gasteiger partial charge is 0.255 e. The molecule has 0 atom stereocenters. The van der Waals surface area contributed by atoms with Gasteiger partial charge in [0, 0.05) is 16.6 Å². The maximum absolute atomic E-state index is 12.7. The van der Waals surface area contributed by atoms with Crippen LogP contribution in [0.25, 0.3) is 5.69 Å². The van der Waals surface area contributed by atoms with Gasteiger partial charge in [-0.25, -0.2) is 9.67 Å². The average Bonchev–Trinajstić information content (AvgIpc) is 3.42. The Morgan fingerprint density at radius 1 is 1.25 bits per heavy atom. The van der Waals surface area contributed by atoms with Crippen LogP contribution in [0.1, 0.15) is 21.6 Å². The second kappa shape index (κ2) is 7.97. The molecule has 2 aromatic heterocycles. The second-order valence-corrected chi connectivity index (χ2v) is 6.67. The molecule has 1 amide bonds. The van der Waals surface area contributed by atoms with E-state index in [1.165, 1.54) is 17.7 Å². The Kier molecular flexibility index (Phi) is 5.07. The predicted octanol–water partition coefficient (Wildman–Crippen LogP) is 3.26. The Labute approximate surface area is 164 Å². The number of carbonyl (C=O) groups excluding carboxylic acids is 1. The highest BCUT2D eigenvalue weighted by atomic mass is 32.1. The van der Waals surface area contributed by atoms with Crippen molar-refractivity contribution in [3.05, 3.63) is 76.5 Å². The van der Waals surface area contributed by atoms with E-state index in [2.05, 4.69) is 25.8 Å². The fraction of sp³-hybridized carbons (Fsp3) is 0.105. The summed E-state index contributed by atoms with van der Waals surface area (Å²) in [6.07, 6.45) is 1.51. The summed E-state index contributed by atoms with van der Waals surface area (Å²) in [5.74, 6) is 0.385. The monoisotopic (exact) mass is 392 g/mol. The van der Waals surface area contributed by atoms with E-state index in [-0.39, 0.29) is 5.91 Å². The Morgan fingerprint density at radius 3 is 2.93 bits per heavy atom.